The Morgan fingerprint density at radius 1 is 1.24 bits per heavy atom. The van der Waals surface area contributed by atoms with Crippen molar-refractivity contribution >= 4 is 11.7 Å². The van der Waals surface area contributed by atoms with E-state index in [4.69, 9.17) is 5.11 Å². The minimum absolute atomic E-state index is 0.218. The van der Waals surface area contributed by atoms with Crippen LogP contribution >= 0.6 is 0 Å². The molecular weight excluding hydrogens is 283 g/mol. The molecule has 1 fully saturated rings. The SMILES string of the molecule is CN(c1ccc(C(=O)O)c(C(F)(F)F)c1)C1CCCCC1. The molecule has 6 heteroatoms. The number of carboxylic acids is 1. The van der Waals surface area contributed by atoms with E-state index in [2.05, 4.69) is 0 Å². The van der Waals surface area contributed by atoms with E-state index in [9.17, 15) is 18.0 Å². The van der Waals surface area contributed by atoms with Gasteiger partial charge in [0.1, 0.15) is 0 Å². The lowest BCUT2D eigenvalue weighted by Gasteiger charge is -2.33. The topological polar surface area (TPSA) is 40.5 Å². The van der Waals surface area contributed by atoms with Crippen LogP contribution in [0.4, 0.5) is 18.9 Å². The molecule has 116 valence electrons. The largest absolute Gasteiger partial charge is 0.478 e. The highest BCUT2D eigenvalue weighted by molar-refractivity contribution is 5.90. The molecule has 0 spiro atoms. The summed E-state index contributed by atoms with van der Waals surface area (Å²) in [5.41, 5.74) is -1.38. The van der Waals surface area contributed by atoms with Gasteiger partial charge in [-0.2, -0.15) is 13.2 Å². The molecule has 0 radical (unpaired) electrons. The lowest BCUT2D eigenvalue weighted by Crippen LogP contribution is -2.33. The Morgan fingerprint density at radius 3 is 2.38 bits per heavy atom. The van der Waals surface area contributed by atoms with Crippen molar-refractivity contribution in [1.29, 1.82) is 0 Å². The average molecular weight is 301 g/mol. The fraction of sp³-hybridized carbons (Fsp3) is 0.533. The molecule has 21 heavy (non-hydrogen) atoms. The molecule has 1 saturated carbocycles. The van der Waals surface area contributed by atoms with Crippen LogP contribution in [0.2, 0.25) is 0 Å². The van der Waals surface area contributed by atoms with Crippen molar-refractivity contribution in [3.63, 3.8) is 0 Å². The third-order valence-corrected chi connectivity index (χ3v) is 4.07. The maximum absolute atomic E-state index is 13.0. The van der Waals surface area contributed by atoms with E-state index >= 15 is 0 Å². The number of benzene rings is 1. The van der Waals surface area contributed by atoms with Crippen molar-refractivity contribution in [1.82, 2.24) is 0 Å². The number of anilines is 1. The summed E-state index contributed by atoms with van der Waals surface area (Å²) in [6.45, 7) is 0. The number of rotatable bonds is 3. The summed E-state index contributed by atoms with van der Waals surface area (Å²) in [5, 5.41) is 8.89. The minimum atomic E-state index is -4.67. The molecule has 0 unspecified atom stereocenters. The Morgan fingerprint density at radius 2 is 1.86 bits per heavy atom. The highest BCUT2D eigenvalue weighted by atomic mass is 19.4. The van der Waals surface area contributed by atoms with Gasteiger partial charge in [0.15, 0.2) is 0 Å². The van der Waals surface area contributed by atoms with E-state index in [1.165, 1.54) is 6.07 Å². The van der Waals surface area contributed by atoms with Crippen LogP contribution in [0, 0.1) is 0 Å². The molecule has 0 saturated heterocycles. The first-order valence-electron chi connectivity index (χ1n) is 6.98. The smallest absolute Gasteiger partial charge is 0.417 e. The Kier molecular flexibility index (Phi) is 4.44. The quantitative estimate of drug-likeness (QED) is 0.910. The van der Waals surface area contributed by atoms with Gasteiger partial charge < -0.3 is 10.0 Å². The zero-order chi connectivity index (χ0) is 15.6. The summed E-state index contributed by atoms with van der Waals surface area (Å²) in [5.74, 6) is -1.56. The molecule has 0 bridgehead atoms. The number of hydrogen-bond donors (Lipinski definition) is 1. The van der Waals surface area contributed by atoms with E-state index in [1.807, 2.05) is 4.90 Å². The number of halogens is 3. The second kappa shape index (κ2) is 5.95. The van der Waals surface area contributed by atoms with Gasteiger partial charge in [0.2, 0.25) is 0 Å². The van der Waals surface area contributed by atoms with Gasteiger partial charge in [-0.05, 0) is 31.0 Å². The van der Waals surface area contributed by atoms with Gasteiger partial charge in [0.25, 0.3) is 0 Å². The molecule has 0 amide bonds. The molecule has 0 atom stereocenters. The van der Waals surface area contributed by atoms with Crippen molar-refractivity contribution in [2.45, 2.75) is 44.3 Å². The maximum atomic E-state index is 13.0. The maximum Gasteiger partial charge on any atom is 0.417 e. The Hall–Kier alpha value is -1.72. The van der Waals surface area contributed by atoms with Crippen LogP contribution in [-0.4, -0.2) is 24.2 Å². The van der Waals surface area contributed by atoms with Crippen LogP contribution < -0.4 is 4.90 Å². The second-order valence-corrected chi connectivity index (χ2v) is 5.44. The summed E-state index contributed by atoms with van der Waals surface area (Å²) in [6, 6.07) is 3.65. The van der Waals surface area contributed by atoms with Gasteiger partial charge in [-0.3, -0.25) is 0 Å². The van der Waals surface area contributed by atoms with Crippen LogP contribution in [0.15, 0.2) is 18.2 Å². The van der Waals surface area contributed by atoms with Crippen molar-refractivity contribution in [2.75, 3.05) is 11.9 Å². The third-order valence-electron chi connectivity index (χ3n) is 4.07. The molecule has 0 aromatic heterocycles. The zero-order valence-corrected chi connectivity index (χ0v) is 11.8. The van der Waals surface area contributed by atoms with Gasteiger partial charge in [0.05, 0.1) is 11.1 Å². The van der Waals surface area contributed by atoms with Gasteiger partial charge in [-0.1, -0.05) is 19.3 Å². The van der Waals surface area contributed by atoms with E-state index in [0.717, 1.165) is 44.2 Å². The van der Waals surface area contributed by atoms with Crippen LogP contribution in [0.5, 0.6) is 0 Å². The summed E-state index contributed by atoms with van der Waals surface area (Å²) in [6.07, 6.45) is 0.562. The van der Waals surface area contributed by atoms with Gasteiger partial charge in [-0.15, -0.1) is 0 Å². The third kappa shape index (κ3) is 3.49. The van der Waals surface area contributed by atoms with Crippen molar-refractivity contribution in [3.05, 3.63) is 29.3 Å². The Labute approximate surface area is 121 Å². The van der Waals surface area contributed by atoms with Crippen LogP contribution in [-0.2, 0) is 6.18 Å². The number of alkyl halides is 3. The molecule has 1 aromatic rings. The lowest BCUT2D eigenvalue weighted by molar-refractivity contribution is -0.138. The second-order valence-electron chi connectivity index (χ2n) is 5.44. The van der Waals surface area contributed by atoms with Crippen LogP contribution in [0.25, 0.3) is 0 Å². The average Bonchev–Trinajstić information content (AvgIpc) is 2.45. The standard InChI is InChI=1S/C15H18F3NO2/c1-19(10-5-3-2-4-6-10)11-7-8-12(14(20)21)13(9-11)15(16,17)18/h7-10H,2-6H2,1H3,(H,20,21). The van der Waals surface area contributed by atoms with Crippen molar-refractivity contribution in [2.24, 2.45) is 0 Å². The van der Waals surface area contributed by atoms with E-state index in [0.29, 0.717) is 5.69 Å². The summed E-state index contributed by atoms with van der Waals surface area (Å²) >= 11 is 0. The zero-order valence-electron chi connectivity index (χ0n) is 11.8. The fourth-order valence-electron chi connectivity index (χ4n) is 2.85. The first-order chi connectivity index (χ1) is 9.80. The van der Waals surface area contributed by atoms with E-state index in [1.54, 1.807) is 7.05 Å². The first-order valence-corrected chi connectivity index (χ1v) is 6.98. The van der Waals surface area contributed by atoms with Crippen molar-refractivity contribution < 1.29 is 23.1 Å². The predicted octanol–water partition coefficient (Wildman–Crippen LogP) is 4.17. The van der Waals surface area contributed by atoms with E-state index < -0.39 is 23.3 Å². The molecular formula is C15H18F3NO2. The predicted molar refractivity (Wildman–Crippen MR) is 73.7 cm³/mol. The Balaban J connectivity index is 2.34. The highest BCUT2D eigenvalue weighted by Gasteiger charge is 2.36. The number of aromatic carboxylic acids is 1. The van der Waals surface area contributed by atoms with Crippen LogP contribution in [0.1, 0.15) is 48.0 Å². The first kappa shape index (κ1) is 15.7. The summed E-state index contributed by atoms with van der Waals surface area (Å²) in [7, 11) is 1.77. The molecule has 2 rings (SSSR count). The minimum Gasteiger partial charge on any atom is -0.478 e. The van der Waals surface area contributed by atoms with Crippen molar-refractivity contribution in [3.8, 4) is 0 Å². The normalized spacial score (nSPS) is 16.8. The Bertz CT molecular complexity index is 522. The van der Waals surface area contributed by atoms with Gasteiger partial charge in [-0.25, -0.2) is 4.79 Å². The summed E-state index contributed by atoms with van der Waals surface area (Å²) < 4.78 is 39.0. The highest BCUT2D eigenvalue weighted by Crippen LogP contribution is 2.35. The molecule has 1 N–H and O–H groups in total. The number of carboxylic acid groups (broad SMARTS) is 1. The number of nitrogens with zero attached hydrogens (tertiary/aromatic N) is 1. The van der Waals surface area contributed by atoms with E-state index in [-0.39, 0.29) is 6.04 Å². The molecule has 0 heterocycles. The van der Waals surface area contributed by atoms with Gasteiger partial charge >= 0.3 is 12.1 Å². The molecule has 3 nitrogen and oxygen atoms in total. The molecule has 0 aliphatic heterocycles. The number of carbonyl (C=O) groups is 1. The van der Waals surface area contributed by atoms with Gasteiger partial charge in [0, 0.05) is 18.8 Å². The fourth-order valence-corrected chi connectivity index (χ4v) is 2.85. The lowest BCUT2D eigenvalue weighted by atomic mass is 9.94. The number of hydrogen-bond acceptors (Lipinski definition) is 2. The summed E-state index contributed by atoms with van der Waals surface area (Å²) in [4.78, 5) is 12.8. The molecule has 1 aromatic carbocycles. The van der Waals surface area contributed by atoms with Crippen LogP contribution in [0.3, 0.4) is 0 Å². The monoisotopic (exact) mass is 301 g/mol. The molecule has 1 aliphatic rings. The molecule has 1 aliphatic carbocycles.